The first-order valence-electron chi connectivity index (χ1n) is 6.38. The van der Waals surface area contributed by atoms with Crippen LogP contribution < -0.4 is 0 Å². The maximum Gasteiger partial charge on any atom is 0.254 e. The molecule has 1 N–H and O–H groups in total. The summed E-state index contributed by atoms with van der Waals surface area (Å²) in [5.74, 6) is 0.797. The molecule has 1 saturated heterocycles. The van der Waals surface area contributed by atoms with Gasteiger partial charge in [-0.15, -0.1) is 11.6 Å². The monoisotopic (exact) mass is 267 g/mol. The number of likely N-dealkylation sites (tertiary alicyclic amines) is 1. The Morgan fingerprint density at radius 3 is 3.06 bits per heavy atom. The van der Waals surface area contributed by atoms with Crippen molar-refractivity contribution in [3.05, 3.63) is 29.8 Å². The van der Waals surface area contributed by atoms with E-state index >= 15 is 0 Å². The SMILES string of the molecule is O=C(c1cccc(O)c1)N1CCCC1CCCCl. The quantitative estimate of drug-likeness (QED) is 0.852. The van der Waals surface area contributed by atoms with E-state index in [0.717, 1.165) is 32.2 Å². The maximum atomic E-state index is 12.4. The van der Waals surface area contributed by atoms with E-state index < -0.39 is 0 Å². The van der Waals surface area contributed by atoms with Gasteiger partial charge < -0.3 is 10.0 Å². The van der Waals surface area contributed by atoms with E-state index in [0.29, 0.717) is 17.5 Å². The molecule has 1 unspecified atom stereocenters. The molecule has 0 aromatic heterocycles. The van der Waals surface area contributed by atoms with E-state index in [1.807, 2.05) is 4.90 Å². The number of nitrogens with zero attached hydrogens (tertiary/aromatic N) is 1. The summed E-state index contributed by atoms with van der Waals surface area (Å²) >= 11 is 5.71. The van der Waals surface area contributed by atoms with Crippen LogP contribution in [0.3, 0.4) is 0 Å². The molecule has 1 atom stereocenters. The number of phenols is 1. The fraction of sp³-hybridized carbons (Fsp3) is 0.500. The zero-order valence-corrected chi connectivity index (χ0v) is 11.1. The average molecular weight is 268 g/mol. The molecule has 0 saturated carbocycles. The molecule has 98 valence electrons. The Kier molecular flexibility index (Phi) is 4.48. The van der Waals surface area contributed by atoms with E-state index in [1.165, 1.54) is 6.07 Å². The van der Waals surface area contributed by atoms with Crippen molar-refractivity contribution in [3.63, 3.8) is 0 Å². The van der Waals surface area contributed by atoms with E-state index in [2.05, 4.69) is 0 Å². The lowest BCUT2D eigenvalue weighted by molar-refractivity contribution is 0.0729. The molecule has 0 bridgehead atoms. The highest BCUT2D eigenvalue weighted by molar-refractivity contribution is 6.17. The summed E-state index contributed by atoms with van der Waals surface area (Å²) in [6, 6.07) is 6.86. The molecule has 1 aliphatic heterocycles. The second kappa shape index (κ2) is 6.10. The van der Waals surface area contributed by atoms with Crippen LogP contribution in [0.5, 0.6) is 5.75 Å². The number of benzene rings is 1. The van der Waals surface area contributed by atoms with Crippen LogP contribution >= 0.6 is 11.6 Å². The minimum absolute atomic E-state index is 0.0166. The topological polar surface area (TPSA) is 40.5 Å². The van der Waals surface area contributed by atoms with Gasteiger partial charge in [-0.3, -0.25) is 4.79 Å². The lowest BCUT2D eigenvalue weighted by Gasteiger charge is -2.24. The number of aromatic hydroxyl groups is 1. The Morgan fingerprint density at radius 2 is 2.33 bits per heavy atom. The van der Waals surface area contributed by atoms with Gasteiger partial charge in [-0.25, -0.2) is 0 Å². The van der Waals surface area contributed by atoms with Gasteiger partial charge in [0.25, 0.3) is 5.91 Å². The van der Waals surface area contributed by atoms with Crippen molar-refractivity contribution in [3.8, 4) is 5.75 Å². The Balaban J connectivity index is 2.08. The number of phenolic OH excluding ortho intramolecular Hbond substituents is 1. The molecule has 1 aromatic rings. The lowest BCUT2D eigenvalue weighted by atomic mass is 10.1. The third kappa shape index (κ3) is 2.96. The van der Waals surface area contributed by atoms with Gasteiger partial charge in [-0.1, -0.05) is 6.07 Å². The highest BCUT2D eigenvalue weighted by Crippen LogP contribution is 2.24. The van der Waals surface area contributed by atoms with Crippen molar-refractivity contribution in [1.29, 1.82) is 0 Å². The minimum atomic E-state index is 0.0166. The zero-order chi connectivity index (χ0) is 13.0. The molecule has 0 radical (unpaired) electrons. The molecular weight excluding hydrogens is 250 g/mol. The van der Waals surface area contributed by atoms with Gasteiger partial charge in [0.1, 0.15) is 5.75 Å². The summed E-state index contributed by atoms with van der Waals surface area (Å²) in [6.07, 6.45) is 4.02. The average Bonchev–Trinajstić information content (AvgIpc) is 2.83. The van der Waals surface area contributed by atoms with Crippen molar-refractivity contribution >= 4 is 17.5 Å². The third-order valence-electron chi connectivity index (χ3n) is 3.40. The molecular formula is C14H18ClNO2. The van der Waals surface area contributed by atoms with Crippen molar-refractivity contribution in [2.75, 3.05) is 12.4 Å². The number of alkyl halides is 1. The van der Waals surface area contributed by atoms with Crippen LogP contribution in [0, 0.1) is 0 Å². The first-order chi connectivity index (χ1) is 8.72. The van der Waals surface area contributed by atoms with Gasteiger partial charge in [-0.05, 0) is 43.9 Å². The Hall–Kier alpha value is -1.22. The fourth-order valence-electron chi connectivity index (χ4n) is 2.52. The number of hydrogen-bond acceptors (Lipinski definition) is 2. The first kappa shape index (κ1) is 13.2. The molecule has 0 spiro atoms. The van der Waals surface area contributed by atoms with Crippen LogP contribution in [-0.2, 0) is 0 Å². The third-order valence-corrected chi connectivity index (χ3v) is 3.67. The Bertz CT molecular complexity index is 422. The number of carbonyl (C=O) groups is 1. The Labute approximate surface area is 112 Å². The highest BCUT2D eigenvalue weighted by Gasteiger charge is 2.28. The van der Waals surface area contributed by atoms with Crippen molar-refractivity contribution in [2.45, 2.75) is 31.7 Å². The van der Waals surface area contributed by atoms with Gasteiger partial charge >= 0.3 is 0 Å². The van der Waals surface area contributed by atoms with Crippen molar-refractivity contribution in [2.24, 2.45) is 0 Å². The van der Waals surface area contributed by atoms with Crippen LogP contribution in [-0.4, -0.2) is 34.4 Å². The minimum Gasteiger partial charge on any atom is -0.508 e. The number of amides is 1. The normalized spacial score (nSPS) is 19.2. The van der Waals surface area contributed by atoms with Gasteiger partial charge in [0.15, 0.2) is 0 Å². The van der Waals surface area contributed by atoms with E-state index in [-0.39, 0.29) is 11.7 Å². The van der Waals surface area contributed by atoms with Gasteiger partial charge in [0, 0.05) is 24.0 Å². The molecule has 4 heteroatoms. The molecule has 1 aromatic carbocycles. The molecule has 1 fully saturated rings. The largest absolute Gasteiger partial charge is 0.508 e. The number of halogens is 1. The van der Waals surface area contributed by atoms with Crippen LogP contribution in [0.2, 0.25) is 0 Å². The summed E-state index contributed by atoms with van der Waals surface area (Å²) in [5.41, 5.74) is 0.563. The number of carbonyl (C=O) groups excluding carboxylic acids is 1. The van der Waals surface area contributed by atoms with Gasteiger partial charge in [0.2, 0.25) is 0 Å². The highest BCUT2D eigenvalue weighted by atomic mass is 35.5. The smallest absolute Gasteiger partial charge is 0.254 e. The second-order valence-corrected chi connectivity index (χ2v) is 5.05. The maximum absolute atomic E-state index is 12.4. The van der Waals surface area contributed by atoms with Crippen molar-refractivity contribution in [1.82, 2.24) is 4.90 Å². The van der Waals surface area contributed by atoms with Crippen LogP contribution in [0.1, 0.15) is 36.0 Å². The summed E-state index contributed by atoms with van der Waals surface area (Å²) < 4.78 is 0. The summed E-state index contributed by atoms with van der Waals surface area (Å²) in [4.78, 5) is 14.3. The van der Waals surface area contributed by atoms with E-state index in [9.17, 15) is 9.90 Å². The molecule has 18 heavy (non-hydrogen) atoms. The zero-order valence-electron chi connectivity index (χ0n) is 10.3. The van der Waals surface area contributed by atoms with Gasteiger partial charge in [0.05, 0.1) is 0 Å². The molecule has 1 heterocycles. The standard InChI is InChI=1S/C14H18ClNO2/c15-8-2-5-12-6-3-9-16(12)14(18)11-4-1-7-13(17)10-11/h1,4,7,10,12,17H,2-3,5-6,8-9H2. The summed E-state index contributed by atoms with van der Waals surface area (Å²) in [5, 5.41) is 9.42. The predicted molar refractivity (Wildman–Crippen MR) is 72.1 cm³/mol. The van der Waals surface area contributed by atoms with Crippen LogP contribution in [0.25, 0.3) is 0 Å². The van der Waals surface area contributed by atoms with E-state index in [1.54, 1.807) is 18.2 Å². The molecule has 1 aliphatic rings. The number of rotatable bonds is 4. The first-order valence-corrected chi connectivity index (χ1v) is 6.92. The summed E-state index contributed by atoms with van der Waals surface area (Å²) in [7, 11) is 0. The predicted octanol–water partition coefficient (Wildman–Crippen LogP) is 3.02. The lowest BCUT2D eigenvalue weighted by Crippen LogP contribution is -2.35. The Morgan fingerprint density at radius 1 is 1.50 bits per heavy atom. The molecule has 1 amide bonds. The van der Waals surface area contributed by atoms with Crippen molar-refractivity contribution < 1.29 is 9.90 Å². The van der Waals surface area contributed by atoms with E-state index in [4.69, 9.17) is 11.6 Å². The van der Waals surface area contributed by atoms with Gasteiger partial charge in [-0.2, -0.15) is 0 Å². The number of hydrogen-bond donors (Lipinski definition) is 1. The fourth-order valence-corrected chi connectivity index (χ4v) is 2.68. The second-order valence-electron chi connectivity index (χ2n) is 4.68. The summed E-state index contributed by atoms with van der Waals surface area (Å²) in [6.45, 7) is 0.807. The van der Waals surface area contributed by atoms with Crippen LogP contribution in [0.4, 0.5) is 0 Å². The molecule has 3 nitrogen and oxygen atoms in total. The molecule has 2 rings (SSSR count). The molecule has 0 aliphatic carbocycles. The van der Waals surface area contributed by atoms with Crippen LogP contribution in [0.15, 0.2) is 24.3 Å².